The Morgan fingerprint density at radius 3 is 2.48 bits per heavy atom. The number of rotatable bonds is 6. The van der Waals surface area contributed by atoms with Crippen LogP contribution in [0, 0.1) is 0 Å². The zero-order valence-corrected chi connectivity index (χ0v) is 16.2. The van der Waals surface area contributed by atoms with Crippen molar-refractivity contribution in [3.63, 3.8) is 0 Å². The Labute approximate surface area is 164 Å². The number of hydrogen-bond acceptors (Lipinski definition) is 5. The van der Waals surface area contributed by atoms with Gasteiger partial charge in [0, 0.05) is 55.7 Å². The quantitative estimate of drug-likeness (QED) is 0.612. The topological polar surface area (TPSA) is 60.8 Å². The molecule has 2 heterocycles. The minimum Gasteiger partial charge on any atom is -0.296 e. The molecule has 0 saturated carbocycles. The standard InChI is InChI=1S/C20H24ClN5O/c1-16(17-6-8-22-9-7-17)23-24-20(27)15-26-12-10-25(11-13-26)14-18-4-2-3-5-19(18)21/h2-9H,10-15H2,1H3,(H,24,27). The average molecular weight is 386 g/mol. The minimum atomic E-state index is -0.0945. The molecule has 0 atom stereocenters. The summed E-state index contributed by atoms with van der Waals surface area (Å²) < 4.78 is 0. The number of piperazine rings is 1. The molecular formula is C20H24ClN5O. The van der Waals surface area contributed by atoms with Crippen molar-refractivity contribution < 1.29 is 4.79 Å². The second kappa shape index (κ2) is 9.60. The van der Waals surface area contributed by atoms with E-state index in [1.165, 1.54) is 0 Å². The van der Waals surface area contributed by atoms with E-state index in [4.69, 9.17) is 11.6 Å². The van der Waals surface area contributed by atoms with Gasteiger partial charge in [0.25, 0.3) is 5.91 Å². The van der Waals surface area contributed by atoms with Gasteiger partial charge in [0.15, 0.2) is 0 Å². The van der Waals surface area contributed by atoms with Crippen molar-refractivity contribution in [1.82, 2.24) is 20.2 Å². The van der Waals surface area contributed by atoms with Crippen LogP contribution >= 0.6 is 11.6 Å². The summed E-state index contributed by atoms with van der Waals surface area (Å²) in [5.41, 5.74) is 5.49. The predicted molar refractivity (Wildman–Crippen MR) is 108 cm³/mol. The van der Waals surface area contributed by atoms with Crippen LogP contribution < -0.4 is 5.43 Å². The van der Waals surface area contributed by atoms with Gasteiger partial charge in [-0.05, 0) is 30.7 Å². The van der Waals surface area contributed by atoms with Crippen LogP contribution in [0.25, 0.3) is 0 Å². The SMILES string of the molecule is CC(=NNC(=O)CN1CCN(Cc2ccccc2Cl)CC1)c1ccncc1. The van der Waals surface area contributed by atoms with Gasteiger partial charge in [0.05, 0.1) is 12.3 Å². The molecule has 1 saturated heterocycles. The van der Waals surface area contributed by atoms with Crippen molar-refractivity contribution >= 4 is 23.2 Å². The van der Waals surface area contributed by atoms with Crippen LogP contribution in [-0.4, -0.2) is 59.1 Å². The summed E-state index contributed by atoms with van der Waals surface area (Å²) in [4.78, 5) is 20.6. The second-order valence-electron chi connectivity index (χ2n) is 6.61. The lowest BCUT2D eigenvalue weighted by Gasteiger charge is -2.34. The molecule has 1 aliphatic rings. The molecule has 3 rings (SSSR count). The van der Waals surface area contributed by atoms with Crippen molar-refractivity contribution in [2.75, 3.05) is 32.7 Å². The number of halogens is 1. The normalized spacial score (nSPS) is 16.3. The van der Waals surface area contributed by atoms with Gasteiger partial charge >= 0.3 is 0 Å². The van der Waals surface area contributed by atoms with Gasteiger partial charge in [-0.3, -0.25) is 19.6 Å². The Morgan fingerprint density at radius 2 is 1.78 bits per heavy atom. The molecule has 0 unspecified atom stereocenters. The monoisotopic (exact) mass is 385 g/mol. The van der Waals surface area contributed by atoms with Gasteiger partial charge in [0.1, 0.15) is 0 Å². The van der Waals surface area contributed by atoms with E-state index in [2.05, 4.69) is 31.4 Å². The summed E-state index contributed by atoms with van der Waals surface area (Å²) in [6, 6.07) is 11.7. The molecule has 1 aromatic carbocycles. The summed E-state index contributed by atoms with van der Waals surface area (Å²) >= 11 is 6.24. The first-order valence-electron chi connectivity index (χ1n) is 9.03. The van der Waals surface area contributed by atoms with Crippen molar-refractivity contribution in [1.29, 1.82) is 0 Å². The first-order chi connectivity index (χ1) is 13.1. The van der Waals surface area contributed by atoms with E-state index in [1.807, 2.05) is 37.3 Å². The largest absolute Gasteiger partial charge is 0.296 e. The minimum absolute atomic E-state index is 0.0945. The Kier molecular flexibility index (Phi) is 6.92. The first-order valence-corrected chi connectivity index (χ1v) is 9.41. The van der Waals surface area contributed by atoms with E-state index in [0.29, 0.717) is 6.54 Å². The third-order valence-electron chi connectivity index (χ3n) is 4.63. The molecule has 1 amide bonds. The first kappa shape index (κ1) is 19.5. The fourth-order valence-corrected chi connectivity index (χ4v) is 3.21. The summed E-state index contributed by atoms with van der Waals surface area (Å²) in [6.07, 6.45) is 3.41. The highest BCUT2D eigenvalue weighted by Gasteiger charge is 2.19. The Hall–Kier alpha value is -2.28. The van der Waals surface area contributed by atoms with Crippen LogP contribution in [0.1, 0.15) is 18.1 Å². The van der Waals surface area contributed by atoms with Gasteiger partial charge in [-0.25, -0.2) is 5.43 Å². The van der Waals surface area contributed by atoms with E-state index < -0.39 is 0 Å². The molecule has 27 heavy (non-hydrogen) atoms. The molecule has 1 aromatic heterocycles. The number of nitrogens with one attached hydrogen (secondary N) is 1. The fourth-order valence-electron chi connectivity index (χ4n) is 3.02. The number of amides is 1. The van der Waals surface area contributed by atoms with Crippen molar-refractivity contribution in [3.8, 4) is 0 Å². The third-order valence-corrected chi connectivity index (χ3v) is 5.00. The maximum Gasteiger partial charge on any atom is 0.254 e. The average Bonchev–Trinajstić information content (AvgIpc) is 2.70. The van der Waals surface area contributed by atoms with Crippen molar-refractivity contribution in [2.24, 2.45) is 5.10 Å². The number of nitrogens with zero attached hydrogens (tertiary/aromatic N) is 4. The Bertz CT molecular complexity index is 788. The molecule has 0 spiro atoms. The zero-order chi connectivity index (χ0) is 19.1. The molecule has 0 radical (unpaired) electrons. The van der Waals surface area contributed by atoms with Gasteiger partial charge in [-0.1, -0.05) is 29.8 Å². The van der Waals surface area contributed by atoms with Gasteiger partial charge < -0.3 is 0 Å². The number of carbonyl (C=O) groups is 1. The highest BCUT2D eigenvalue weighted by molar-refractivity contribution is 6.31. The molecule has 7 heteroatoms. The summed E-state index contributed by atoms with van der Waals surface area (Å²) in [5, 5.41) is 4.99. The highest BCUT2D eigenvalue weighted by Crippen LogP contribution is 2.17. The van der Waals surface area contributed by atoms with Crippen molar-refractivity contribution in [2.45, 2.75) is 13.5 Å². The lowest BCUT2D eigenvalue weighted by atomic mass is 10.2. The van der Waals surface area contributed by atoms with E-state index in [1.54, 1.807) is 12.4 Å². The summed E-state index contributed by atoms with van der Waals surface area (Å²) in [5.74, 6) is -0.0945. The Balaban J connectivity index is 1.42. The zero-order valence-electron chi connectivity index (χ0n) is 15.4. The van der Waals surface area contributed by atoms with Gasteiger partial charge in [-0.2, -0.15) is 5.10 Å². The number of benzene rings is 1. The third kappa shape index (κ3) is 5.85. The lowest BCUT2D eigenvalue weighted by Crippen LogP contribution is -2.48. The highest BCUT2D eigenvalue weighted by atomic mass is 35.5. The van der Waals surface area contributed by atoms with Crippen LogP contribution in [0.4, 0.5) is 0 Å². The summed E-state index contributed by atoms with van der Waals surface area (Å²) in [7, 11) is 0. The van der Waals surface area contributed by atoms with Gasteiger partial charge in [-0.15, -0.1) is 0 Å². The molecular weight excluding hydrogens is 362 g/mol. The number of carbonyl (C=O) groups excluding carboxylic acids is 1. The maximum absolute atomic E-state index is 12.2. The summed E-state index contributed by atoms with van der Waals surface area (Å²) in [6.45, 7) is 6.59. The van der Waals surface area contributed by atoms with Crippen LogP contribution in [0.15, 0.2) is 53.9 Å². The molecule has 1 aliphatic heterocycles. The predicted octanol–water partition coefficient (Wildman–Crippen LogP) is 2.39. The van der Waals surface area contributed by atoms with Crippen LogP contribution in [0.3, 0.4) is 0 Å². The maximum atomic E-state index is 12.2. The van der Waals surface area contributed by atoms with Crippen LogP contribution in [0.5, 0.6) is 0 Å². The van der Waals surface area contributed by atoms with E-state index in [9.17, 15) is 4.79 Å². The number of hydrogen-bond donors (Lipinski definition) is 1. The van der Waals surface area contributed by atoms with E-state index in [0.717, 1.165) is 54.6 Å². The second-order valence-corrected chi connectivity index (χ2v) is 7.02. The molecule has 6 nitrogen and oxygen atoms in total. The fraction of sp³-hybridized carbons (Fsp3) is 0.350. The van der Waals surface area contributed by atoms with Crippen LogP contribution in [0.2, 0.25) is 5.02 Å². The number of hydrazone groups is 1. The van der Waals surface area contributed by atoms with Crippen LogP contribution in [-0.2, 0) is 11.3 Å². The molecule has 1 fully saturated rings. The molecule has 1 N–H and O–H groups in total. The van der Waals surface area contributed by atoms with E-state index >= 15 is 0 Å². The number of pyridine rings is 1. The van der Waals surface area contributed by atoms with Gasteiger partial charge in [0.2, 0.25) is 0 Å². The Morgan fingerprint density at radius 1 is 1.11 bits per heavy atom. The van der Waals surface area contributed by atoms with Crippen molar-refractivity contribution in [3.05, 3.63) is 64.9 Å². The number of aromatic nitrogens is 1. The molecule has 2 aromatic rings. The molecule has 0 aliphatic carbocycles. The lowest BCUT2D eigenvalue weighted by molar-refractivity contribution is -0.122. The molecule has 142 valence electrons. The molecule has 0 bridgehead atoms. The smallest absolute Gasteiger partial charge is 0.254 e. The van der Waals surface area contributed by atoms with E-state index in [-0.39, 0.29) is 5.91 Å².